The first kappa shape index (κ1) is 7.42. The molecule has 1 aromatic carbocycles. The molecule has 57 valence electrons. The minimum atomic E-state index is 1.27. The molecule has 2 rings (SSSR count). The molecule has 1 heterocycles. The van der Waals surface area contributed by atoms with E-state index < -0.39 is 0 Å². The molecule has 0 nitrogen and oxygen atoms in total. The number of hydrogen-bond donors (Lipinski definition) is 0. The van der Waals surface area contributed by atoms with Crippen molar-refractivity contribution >= 4 is 18.3 Å². The summed E-state index contributed by atoms with van der Waals surface area (Å²) in [6.07, 6.45) is 1.93. The zero-order valence-corrected chi connectivity index (χ0v) is 7.17. The van der Waals surface area contributed by atoms with Crippen LogP contribution < -0.4 is 5.46 Å². The van der Waals surface area contributed by atoms with Gasteiger partial charge in [-0.2, -0.15) is 0 Å². The molecule has 0 spiro atoms. The van der Waals surface area contributed by atoms with Crippen LogP contribution in [-0.2, 0) is 0 Å². The molecule has 0 saturated heterocycles. The summed E-state index contributed by atoms with van der Waals surface area (Å²) in [5.74, 6) is 0. The van der Waals surface area contributed by atoms with Gasteiger partial charge in [-0.05, 0) is 11.1 Å². The zero-order valence-electron chi connectivity index (χ0n) is 7.17. The largest absolute Gasteiger partial charge is 0.187 e. The van der Waals surface area contributed by atoms with Gasteiger partial charge in [-0.25, -0.2) is 0 Å². The third kappa shape index (κ3) is 0.936. The Hall–Kier alpha value is -1.24. The van der Waals surface area contributed by atoms with Gasteiger partial charge in [-0.1, -0.05) is 54.8 Å². The molecule has 12 heavy (non-hydrogen) atoms. The van der Waals surface area contributed by atoms with E-state index in [9.17, 15) is 0 Å². The van der Waals surface area contributed by atoms with Crippen molar-refractivity contribution in [3.63, 3.8) is 0 Å². The van der Waals surface area contributed by atoms with Crippen molar-refractivity contribution in [1.29, 1.82) is 0 Å². The molecule has 0 aromatic heterocycles. The topological polar surface area (TPSA) is 0 Å². The van der Waals surface area contributed by atoms with Crippen molar-refractivity contribution in [2.75, 3.05) is 0 Å². The van der Waals surface area contributed by atoms with Crippen LogP contribution in [0.25, 0.3) is 5.57 Å². The Morgan fingerprint density at radius 3 is 2.83 bits per heavy atom. The molecular formula is C11H10B. The smallest absolute Gasteiger partial charge is 0.0985 e. The minimum Gasteiger partial charge on any atom is -0.0985 e. The molecule has 0 amide bonds. The minimum absolute atomic E-state index is 1.27. The molecule has 1 aliphatic rings. The summed E-state index contributed by atoms with van der Waals surface area (Å²) in [5, 5.41) is 0. The van der Waals surface area contributed by atoms with Crippen molar-refractivity contribution in [3.05, 3.63) is 48.0 Å². The Morgan fingerprint density at radius 1 is 1.33 bits per heavy atom. The summed E-state index contributed by atoms with van der Waals surface area (Å²) in [5.41, 5.74) is 5.20. The van der Waals surface area contributed by atoms with Gasteiger partial charge in [0.15, 0.2) is 7.28 Å². The van der Waals surface area contributed by atoms with Gasteiger partial charge < -0.3 is 0 Å². The van der Waals surface area contributed by atoms with Gasteiger partial charge >= 0.3 is 0 Å². The van der Waals surface area contributed by atoms with E-state index in [2.05, 4.69) is 45.0 Å². The molecule has 1 heteroatoms. The third-order valence-corrected chi connectivity index (χ3v) is 2.25. The quantitative estimate of drug-likeness (QED) is 0.541. The van der Waals surface area contributed by atoms with Gasteiger partial charge in [-0.15, -0.1) is 0 Å². The highest BCUT2D eigenvalue weighted by atomic mass is 14.1. The highest BCUT2D eigenvalue weighted by Crippen LogP contribution is 2.22. The van der Waals surface area contributed by atoms with Gasteiger partial charge in [0.1, 0.15) is 0 Å². The van der Waals surface area contributed by atoms with Crippen molar-refractivity contribution in [2.45, 2.75) is 6.92 Å². The Balaban J connectivity index is 2.60. The first-order chi connectivity index (χ1) is 5.83. The van der Waals surface area contributed by atoms with E-state index in [-0.39, 0.29) is 0 Å². The molecule has 0 fully saturated rings. The average Bonchev–Trinajstić information content (AvgIpc) is 2.40. The predicted octanol–water partition coefficient (Wildman–Crippen LogP) is 1.95. The van der Waals surface area contributed by atoms with E-state index in [0.29, 0.717) is 0 Å². The number of rotatable bonds is 1. The number of allylic oxidation sites excluding steroid dienone is 3. The first-order valence-electron chi connectivity index (χ1n) is 4.10. The summed E-state index contributed by atoms with van der Waals surface area (Å²) in [7, 11) is 2.20. The van der Waals surface area contributed by atoms with Gasteiger partial charge in [-0.3, -0.25) is 0 Å². The normalized spacial score (nSPS) is 14.1. The summed E-state index contributed by atoms with van der Waals surface area (Å²) in [4.78, 5) is 0. The molecular weight excluding hydrogens is 143 g/mol. The lowest BCUT2D eigenvalue weighted by atomic mass is 9.67. The van der Waals surface area contributed by atoms with Crippen molar-refractivity contribution < 1.29 is 0 Å². The van der Waals surface area contributed by atoms with Crippen LogP contribution in [0.3, 0.4) is 0 Å². The molecule has 0 saturated carbocycles. The lowest BCUT2D eigenvalue weighted by molar-refractivity contribution is 1.65. The fraction of sp³-hybridized carbons (Fsp3) is 0.0909. The molecule has 1 aromatic rings. The molecule has 1 radical (unpaired) electrons. The van der Waals surface area contributed by atoms with E-state index in [0.717, 1.165) is 0 Å². The van der Waals surface area contributed by atoms with Gasteiger partial charge in [0, 0.05) is 0 Å². The second-order valence-corrected chi connectivity index (χ2v) is 3.03. The SMILES string of the molecule is C=CC1=C(C)[B]c2ccccc21. The Kier molecular flexibility index (Phi) is 1.65. The highest BCUT2D eigenvalue weighted by Gasteiger charge is 2.15. The van der Waals surface area contributed by atoms with Crippen LogP contribution in [0.4, 0.5) is 0 Å². The number of hydrogen-bond acceptors (Lipinski definition) is 0. The lowest BCUT2D eigenvalue weighted by Gasteiger charge is -1.99. The fourth-order valence-electron chi connectivity index (χ4n) is 1.66. The van der Waals surface area contributed by atoms with Crippen LogP contribution in [0.5, 0.6) is 0 Å². The Morgan fingerprint density at radius 2 is 2.08 bits per heavy atom. The zero-order chi connectivity index (χ0) is 8.55. The van der Waals surface area contributed by atoms with E-state index in [1.54, 1.807) is 0 Å². The molecule has 1 aliphatic heterocycles. The second-order valence-electron chi connectivity index (χ2n) is 3.03. The molecule has 0 N–H and O–H groups in total. The van der Waals surface area contributed by atoms with Crippen LogP contribution in [0, 0.1) is 0 Å². The maximum Gasteiger partial charge on any atom is 0.187 e. The molecule has 0 unspecified atom stereocenters. The summed E-state index contributed by atoms with van der Waals surface area (Å²) < 4.78 is 0. The van der Waals surface area contributed by atoms with E-state index in [4.69, 9.17) is 0 Å². The van der Waals surface area contributed by atoms with E-state index >= 15 is 0 Å². The van der Waals surface area contributed by atoms with Crippen LogP contribution in [-0.4, -0.2) is 7.28 Å². The lowest BCUT2D eigenvalue weighted by Crippen LogP contribution is -2.11. The van der Waals surface area contributed by atoms with Crippen LogP contribution >= 0.6 is 0 Å². The monoisotopic (exact) mass is 153 g/mol. The second kappa shape index (κ2) is 2.67. The van der Waals surface area contributed by atoms with Crippen molar-refractivity contribution in [3.8, 4) is 0 Å². The van der Waals surface area contributed by atoms with E-state index in [1.165, 1.54) is 22.1 Å². The molecule has 0 atom stereocenters. The van der Waals surface area contributed by atoms with Crippen molar-refractivity contribution in [2.24, 2.45) is 0 Å². The van der Waals surface area contributed by atoms with Gasteiger partial charge in [0.05, 0.1) is 0 Å². The van der Waals surface area contributed by atoms with Gasteiger partial charge in [0.25, 0.3) is 0 Å². The molecule has 0 bridgehead atoms. The highest BCUT2D eigenvalue weighted by molar-refractivity contribution is 6.66. The summed E-state index contributed by atoms with van der Waals surface area (Å²) in [6.45, 7) is 5.94. The standard InChI is InChI=1S/C11H10B/c1-3-9-8(2)12-11-7-5-4-6-10(9)11/h3-7H,1H2,2H3. The van der Waals surface area contributed by atoms with Crippen LogP contribution in [0.1, 0.15) is 12.5 Å². The third-order valence-electron chi connectivity index (χ3n) is 2.25. The number of benzene rings is 1. The fourth-order valence-corrected chi connectivity index (χ4v) is 1.66. The maximum atomic E-state index is 3.81. The van der Waals surface area contributed by atoms with Crippen molar-refractivity contribution in [1.82, 2.24) is 0 Å². The average molecular weight is 153 g/mol. The maximum absolute atomic E-state index is 3.81. The summed E-state index contributed by atoms with van der Waals surface area (Å²) >= 11 is 0. The predicted molar refractivity (Wildman–Crippen MR) is 54.6 cm³/mol. The Labute approximate surface area is 73.9 Å². The van der Waals surface area contributed by atoms with Crippen LogP contribution in [0.2, 0.25) is 0 Å². The summed E-state index contributed by atoms with van der Waals surface area (Å²) in [6, 6.07) is 8.40. The number of fused-ring (bicyclic) bond motifs is 1. The van der Waals surface area contributed by atoms with E-state index in [1.807, 2.05) is 6.08 Å². The van der Waals surface area contributed by atoms with Crippen LogP contribution in [0.15, 0.2) is 42.4 Å². The van der Waals surface area contributed by atoms with Gasteiger partial charge in [0.2, 0.25) is 0 Å². The Bertz CT molecular complexity index is 361. The molecule has 0 aliphatic carbocycles. The first-order valence-corrected chi connectivity index (χ1v) is 4.10.